The van der Waals surface area contributed by atoms with Crippen LogP contribution in [0.15, 0.2) is 55.4 Å². The smallest absolute Gasteiger partial charge is 0.295 e. The molecule has 4 aromatic rings. The first kappa shape index (κ1) is 22.3. The average molecular weight is 470 g/mol. The summed E-state index contributed by atoms with van der Waals surface area (Å²) in [5.74, 6) is -1.39. The number of piperazine rings is 1. The van der Waals surface area contributed by atoms with Gasteiger partial charge in [-0.3, -0.25) is 34.3 Å². The Balaban J connectivity index is 1.37. The van der Waals surface area contributed by atoms with Gasteiger partial charge in [-0.2, -0.15) is 0 Å². The van der Waals surface area contributed by atoms with Gasteiger partial charge in [0.1, 0.15) is 17.1 Å². The fourth-order valence-electron chi connectivity index (χ4n) is 4.44. The van der Waals surface area contributed by atoms with Crippen molar-refractivity contribution in [2.24, 2.45) is 0 Å². The molecule has 0 bridgehead atoms. The van der Waals surface area contributed by atoms with Crippen molar-refractivity contribution < 1.29 is 14.4 Å². The summed E-state index contributed by atoms with van der Waals surface area (Å²) in [6.07, 6.45) is 9.51. The summed E-state index contributed by atoms with van der Waals surface area (Å²) < 4.78 is 0. The fraction of sp³-hybridized carbons (Fsp3) is 0.240. The molecule has 10 nitrogen and oxygen atoms in total. The van der Waals surface area contributed by atoms with Crippen molar-refractivity contribution in [1.82, 2.24) is 34.7 Å². The Hall–Kier alpha value is -4.47. The number of carbonyl (C=O) groups excluding carboxylic acids is 3. The van der Waals surface area contributed by atoms with Gasteiger partial charge in [0.05, 0.1) is 17.3 Å². The number of aryl methyl sites for hydroxylation is 1. The molecular formula is C25H23N7O3. The third-order valence-electron chi connectivity index (χ3n) is 6.20. The molecular weight excluding hydrogens is 446 g/mol. The molecule has 176 valence electrons. The van der Waals surface area contributed by atoms with Crippen LogP contribution in [0.1, 0.15) is 33.3 Å². The summed E-state index contributed by atoms with van der Waals surface area (Å²) in [4.78, 5) is 62.6. The minimum Gasteiger partial charge on any atom is -0.359 e. The van der Waals surface area contributed by atoms with Gasteiger partial charge >= 0.3 is 0 Å². The van der Waals surface area contributed by atoms with Crippen LogP contribution in [0.4, 0.5) is 0 Å². The molecule has 1 aliphatic heterocycles. The number of pyridine rings is 2. The number of ketones is 1. The summed E-state index contributed by atoms with van der Waals surface area (Å²) in [5.41, 5.74) is 3.16. The van der Waals surface area contributed by atoms with Crippen LogP contribution in [0.2, 0.25) is 0 Å². The third kappa shape index (κ3) is 4.03. The number of Topliss-reactive ketones (excluding diaryl/α,β-unsaturated/α-hetero) is 1. The highest BCUT2D eigenvalue weighted by Crippen LogP contribution is 2.29. The van der Waals surface area contributed by atoms with Crippen LogP contribution < -0.4 is 0 Å². The molecule has 4 aromatic heterocycles. The van der Waals surface area contributed by atoms with Crippen LogP contribution in [0, 0.1) is 6.92 Å². The zero-order chi connectivity index (χ0) is 24.5. The number of H-pyrrole nitrogens is 1. The number of aromatic amines is 1. The summed E-state index contributed by atoms with van der Waals surface area (Å²) in [6.45, 7) is 4.55. The predicted octanol–water partition coefficient (Wildman–Crippen LogP) is 2.28. The molecule has 5 rings (SSSR count). The zero-order valence-corrected chi connectivity index (χ0v) is 19.3. The summed E-state index contributed by atoms with van der Waals surface area (Å²) >= 11 is 0. The Morgan fingerprint density at radius 1 is 1.03 bits per heavy atom. The van der Waals surface area contributed by atoms with E-state index in [0.717, 1.165) is 5.56 Å². The highest BCUT2D eigenvalue weighted by Gasteiger charge is 2.34. The first-order chi connectivity index (χ1) is 17.0. The Morgan fingerprint density at radius 3 is 2.60 bits per heavy atom. The van der Waals surface area contributed by atoms with Crippen molar-refractivity contribution in [3.05, 3.63) is 72.2 Å². The number of nitrogens with zero attached hydrogens (tertiary/aromatic N) is 6. The summed E-state index contributed by atoms with van der Waals surface area (Å²) in [7, 11) is 0. The lowest BCUT2D eigenvalue weighted by molar-refractivity contribution is -0.128. The van der Waals surface area contributed by atoms with E-state index in [1.807, 2.05) is 13.8 Å². The SMILES string of the molecule is Cc1cnc(-c2cnccn2)c2[nH]cc(C(=O)C(=O)N3CCN(C(=O)c4ccccn4)C(C)C3)c12. The van der Waals surface area contributed by atoms with Crippen LogP contribution in [-0.4, -0.2) is 78.0 Å². The minimum atomic E-state index is -0.604. The van der Waals surface area contributed by atoms with Crippen molar-refractivity contribution >= 4 is 28.5 Å². The number of carbonyl (C=O) groups is 3. The van der Waals surface area contributed by atoms with Crippen molar-refractivity contribution in [2.45, 2.75) is 19.9 Å². The van der Waals surface area contributed by atoms with Crippen LogP contribution in [-0.2, 0) is 4.79 Å². The number of hydrogen-bond donors (Lipinski definition) is 1. The molecule has 10 heteroatoms. The van der Waals surface area contributed by atoms with E-state index in [4.69, 9.17) is 0 Å². The second-order valence-corrected chi connectivity index (χ2v) is 8.48. The van der Waals surface area contributed by atoms with E-state index >= 15 is 0 Å². The third-order valence-corrected chi connectivity index (χ3v) is 6.20. The van der Waals surface area contributed by atoms with E-state index in [0.29, 0.717) is 34.5 Å². The second kappa shape index (κ2) is 9.05. The minimum absolute atomic E-state index is 0.187. The van der Waals surface area contributed by atoms with Crippen molar-refractivity contribution in [3.63, 3.8) is 0 Å². The van der Waals surface area contributed by atoms with Crippen LogP contribution in [0.5, 0.6) is 0 Å². The van der Waals surface area contributed by atoms with Gasteiger partial charge in [-0.05, 0) is 31.5 Å². The molecule has 0 aromatic carbocycles. The monoisotopic (exact) mass is 469 g/mol. The molecule has 0 saturated carbocycles. The van der Waals surface area contributed by atoms with Gasteiger partial charge in [0.25, 0.3) is 17.6 Å². The zero-order valence-electron chi connectivity index (χ0n) is 19.3. The van der Waals surface area contributed by atoms with Gasteiger partial charge in [0.15, 0.2) is 0 Å². The Bertz CT molecular complexity index is 1420. The fourth-order valence-corrected chi connectivity index (χ4v) is 4.44. The van der Waals surface area contributed by atoms with Gasteiger partial charge in [-0.1, -0.05) is 6.07 Å². The van der Waals surface area contributed by atoms with Gasteiger partial charge in [-0.15, -0.1) is 0 Å². The molecule has 1 aliphatic rings. The van der Waals surface area contributed by atoms with Gasteiger partial charge in [0, 0.05) is 62.0 Å². The maximum atomic E-state index is 13.3. The van der Waals surface area contributed by atoms with E-state index < -0.39 is 11.7 Å². The molecule has 1 unspecified atom stereocenters. The van der Waals surface area contributed by atoms with Gasteiger partial charge < -0.3 is 14.8 Å². The van der Waals surface area contributed by atoms with E-state index in [1.54, 1.807) is 60.3 Å². The molecule has 35 heavy (non-hydrogen) atoms. The first-order valence-corrected chi connectivity index (χ1v) is 11.2. The lowest BCUT2D eigenvalue weighted by Crippen LogP contribution is -2.56. The van der Waals surface area contributed by atoms with E-state index in [-0.39, 0.29) is 30.6 Å². The Kier molecular flexibility index (Phi) is 5.77. The molecule has 5 heterocycles. The topological polar surface area (TPSA) is 125 Å². The maximum Gasteiger partial charge on any atom is 0.295 e. The van der Waals surface area contributed by atoms with Crippen LogP contribution in [0.3, 0.4) is 0 Å². The largest absolute Gasteiger partial charge is 0.359 e. The highest BCUT2D eigenvalue weighted by molar-refractivity contribution is 6.45. The van der Waals surface area contributed by atoms with Crippen molar-refractivity contribution in [2.75, 3.05) is 19.6 Å². The number of nitrogens with one attached hydrogen (secondary N) is 1. The first-order valence-electron chi connectivity index (χ1n) is 11.2. The van der Waals surface area contributed by atoms with E-state index in [1.165, 1.54) is 4.90 Å². The van der Waals surface area contributed by atoms with E-state index in [2.05, 4.69) is 24.9 Å². The lowest BCUT2D eigenvalue weighted by atomic mass is 10.0. The number of amides is 2. The molecule has 1 fully saturated rings. The second-order valence-electron chi connectivity index (χ2n) is 8.48. The highest BCUT2D eigenvalue weighted by atomic mass is 16.2. The molecule has 0 spiro atoms. The molecule has 2 amide bonds. The van der Waals surface area contributed by atoms with Gasteiger partial charge in [0.2, 0.25) is 0 Å². The predicted molar refractivity (Wildman–Crippen MR) is 128 cm³/mol. The quantitative estimate of drug-likeness (QED) is 0.359. The average Bonchev–Trinajstić information content (AvgIpc) is 3.35. The summed E-state index contributed by atoms with van der Waals surface area (Å²) in [5, 5.41) is 0.635. The van der Waals surface area contributed by atoms with E-state index in [9.17, 15) is 14.4 Å². The standard InChI is InChI=1S/C25H23N7O3/c1-15-11-29-21(19-13-26-7-8-28-19)22-20(15)17(12-30-22)23(33)25(35)31-9-10-32(16(2)14-31)24(34)18-5-3-4-6-27-18/h3-8,11-13,16,30H,9-10,14H2,1-2H3. The molecule has 0 aliphatic carbocycles. The van der Waals surface area contributed by atoms with Crippen LogP contribution >= 0.6 is 0 Å². The molecule has 0 radical (unpaired) electrons. The van der Waals surface area contributed by atoms with Crippen molar-refractivity contribution in [3.8, 4) is 11.4 Å². The lowest BCUT2D eigenvalue weighted by Gasteiger charge is -2.39. The maximum absolute atomic E-state index is 13.3. The van der Waals surface area contributed by atoms with Crippen LogP contribution in [0.25, 0.3) is 22.3 Å². The molecule has 1 saturated heterocycles. The Morgan fingerprint density at radius 2 is 1.89 bits per heavy atom. The number of hydrogen-bond acceptors (Lipinski definition) is 7. The number of aromatic nitrogens is 5. The molecule has 1 N–H and O–H groups in total. The van der Waals surface area contributed by atoms with Gasteiger partial charge in [-0.25, -0.2) is 0 Å². The normalized spacial score (nSPS) is 15.9. The molecule has 1 atom stereocenters. The number of rotatable bonds is 4. The number of fused-ring (bicyclic) bond motifs is 1. The summed E-state index contributed by atoms with van der Waals surface area (Å²) in [6, 6.07) is 4.92. The van der Waals surface area contributed by atoms with Crippen molar-refractivity contribution in [1.29, 1.82) is 0 Å². The Labute approximate surface area is 201 Å².